The molecule has 8 nitrogen and oxygen atoms in total. The molecule has 2 aliphatic heterocycles. The van der Waals surface area contributed by atoms with E-state index >= 15 is 0 Å². The summed E-state index contributed by atoms with van der Waals surface area (Å²) in [4.78, 5) is 57.7. The quantitative estimate of drug-likeness (QED) is 0.290. The van der Waals surface area contributed by atoms with Gasteiger partial charge >= 0.3 is 10.8 Å². The third kappa shape index (κ3) is 4.22. The fraction of sp³-hybridized carbons (Fsp3) is 0.400. The second-order valence-electron chi connectivity index (χ2n) is 11.1. The van der Waals surface area contributed by atoms with Gasteiger partial charge in [0, 0.05) is 26.1 Å². The van der Waals surface area contributed by atoms with Gasteiger partial charge in [-0.05, 0) is 68.4 Å². The van der Waals surface area contributed by atoms with Crippen LogP contribution >= 0.6 is 39.0 Å². The molecule has 212 valence electrons. The fourth-order valence-electron chi connectivity index (χ4n) is 7.55. The molecule has 4 aliphatic rings. The average Bonchev–Trinajstić information content (AvgIpc) is 3.67. The summed E-state index contributed by atoms with van der Waals surface area (Å²) >= 11 is 6.43. The highest BCUT2D eigenvalue weighted by Gasteiger charge is 2.69. The third-order valence-electron chi connectivity index (χ3n) is 8.97. The molecule has 7 rings (SSSR count). The number of halogens is 1. The number of thioether (sulfide) groups is 1. The molecule has 1 saturated heterocycles. The molecule has 0 spiro atoms. The highest BCUT2D eigenvalue weighted by atomic mass is 79.9. The molecule has 2 bridgehead atoms. The number of hydrogen-bond donors (Lipinski definition) is 1. The summed E-state index contributed by atoms with van der Waals surface area (Å²) in [7, 11) is 0. The van der Waals surface area contributed by atoms with E-state index in [1.54, 1.807) is 18.7 Å². The Morgan fingerprint density at radius 3 is 2.54 bits per heavy atom. The maximum atomic E-state index is 14.0. The molecule has 0 radical (unpaired) electrons. The van der Waals surface area contributed by atoms with Crippen LogP contribution in [-0.4, -0.2) is 41.2 Å². The number of carbonyl (C=O) groups excluding carboxylic acids is 3. The van der Waals surface area contributed by atoms with Crippen LogP contribution in [0.4, 0.5) is 5.69 Å². The minimum atomic E-state index is -0.459. The molecular weight excluding hydrogens is 628 g/mol. The predicted molar refractivity (Wildman–Crippen MR) is 158 cm³/mol. The summed E-state index contributed by atoms with van der Waals surface area (Å²) in [6.45, 7) is 3.75. The number of carbonyl (C=O) groups is 3. The van der Waals surface area contributed by atoms with E-state index < -0.39 is 11.9 Å². The molecule has 7 atom stereocenters. The number of H-pyrrole nitrogens is 1. The number of aromatic nitrogens is 1. The SMILES string of the molecule is CCOC(=O)COc1ccc(Br)cc1[C@@H]1c2sc(=O)[nH]c2S[C@@H]2[C@@H]3C[C@@H]([C@@H]4C(=O)N(c5ccc(C)cc5)C(=O)[C@@H]34)[C@H]12. The van der Waals surface area contributed by atoms with Crippen molar-refractivity contribution in [2.75, 3.05) is 18.1 Å². The molecule has 1 N–H and O–H groups in total. The lowest BCUT2D eigenvalue weighted by atomic mass is 9.68. The minimum Gasteiger partial charge on any atom is -0.482 e. The van der Waals surface area contributed by atoms with E-state index in [2.05, 4.69) is 20.9 Å². The number of hydrogen-bond acceptors (Lipinski definition) is 8. The molecule has 11 heteroatoms. The third-order valence-corrected chi connectivity index (χ3v) is 12.1. The number of aryl methyl sites for hydroxylation is 1. The van der Waals surface area contributed by atoms with Crippen LogP contribution in [-0.2, 0) is 19.1 Å². The van der Waals surface area contributed by atoms with Gasteiger partial charge in [-0.3, -0.25) is 19.3 Å². The van der Waals surface area contributed by atoms with Crippen LogP contribution in [0.15, 0.2) is 56.8 Å². The highest BCUT2D eigenvalue weighted by Crippen LogP contribution is 2.69. The number of amides is 2. The van der Waals surface area contributed by atoms with Crippen molar-refractivity contribution >= 4 is 62.5 Å². The van der Waals surface area contributed by atoms with Gasteiger partial charge in [0.1, 0.15) is 5.75 Å². The Bertz CT molecular complexity index is 1630. The number of anilines is 1. The van der Waals surface area contributed by atoms with Gasteiger partial charge in [0.05, 0.1) is 29.2 Å². The maximum Gasteiger partial charge on any atom is 0.344 e. The number of imide groups is 1. The van der Waals surface area contributed by atoms with Crippen LogP contribution in [0.1, 0.15) is 35.3 Å². The van der Waals surface area contributed by atoms with Crippen molar-refractivity contribution < 1.29 is 23.9 Å². The average molecular weight is 656 g/mol. The molecule has 2 amide bonds. The first-order valence-corrected chi connectivity index (χ1v) is 16.2. The van der Waals surface area contributed by atoms with Crippen molar-refractivity contribution in [1.82, 2.24) is 4.98 Å². The standard InChI is InChI=1S/C30H27BrN2O6S2/c1-3-38-20(34)12-39-19-9-6-14(31)10-16(19)21-22-17-11-18(25(22)40-27-26(21)41-30(37)32-27)24-23(17)28(35)33(29(24)36)15-7-4-13(2)5-8-15/h4-10,17-18,21-25H,3,11-12H2,1-2H3,(H,32,37)/t17-,18-,21+,22-,23+,24+,25-/m1/s1. The van der Waals surface area contributed by atoms with E-state index in [4.69, 9.17) is 9.47 Å². The number of esters is 1. The van der Waals surface area contributed by atoms with Crippen LogP contribution in [0, 0.1) is 36.5 Å². The molecule has 3 aromatic rings. The van der Waals surface area contributed by atoms with Crippen molar-refractivity contribution in [3.8, 4) is 5.75 Å². The summed E-state index contributed by atoms with van der Waals surface area (Å²) in [6.07, 6.45) is 0.791. The summed E-state index contributed by atoms with van der Waals surface area (Å²) in [5, 5.41) is 0.870. The Labute approximate surface area is 252 Å². The van der Waals surface area contributed by atoms with Crippen LogP contribution in [0.3, 0.4) is 0 Å². The van der Waals surface area contributed by atoms with Gasteiger partial charge in [-0.1, -0.05) is 45.0 Å². The lowest BCUT2D eigenvalue weighted by Crippen LogP contribution is -2.42. The monoisotopic (exact) mass is 654 g/mol. The number of rotatable bonds is 6. The number of nitrogens with zero attached hydrogens (tertiary/aromatic N) is 1. The van der Waals surface area contributed by atoms with Gasteiger partial charge in [0.15, 0.2) is 6.61 Å². The van der Waals surface area contributed by atoms with Crippen molar-refractivity contribution in [3.05, 3.63) is 72.6 Å². The van der Waals surface area contributed by atoms with Crippen molar-refractivity contribution in [2.24, 2.45) is 29.6 Å². The minimum absolute atomic E-state index is 0.0131. The van der Waals surface area contributed by atoms with Crippen molar-refractivity contribution in [1.29, 1.82) is 0 Å². The van der Waals surface area contributed by atoms with E-state index in [9.17, 15) is 19.2 Å². The van der Waals surface area contributed by atoms with Gasteiger partial charge in [-0.15, -0.1) is 11.8 Å². The van der Waals surface area contributed by atoms with E-state index in [1.807, 2.05) is 49.4 Å². The van der Waals surface area contributed by atoms with E-state index in [1.165, 1.54) is 16.2 Å². The van der Waals surface area contributed by atoms with Crippen LogP contribution in [0.5, 0.6) is 5.75 Å². The van der Waals surface area contributed by atoms with E-state index in [0.29, 0.717) is 11.4 Å². The summed E-state index contributed by atoms with van der Waals surface area (Å²) in [5.41, 5.74) is 2.54. The van der Waals surface area contributed by atoms with Gasteiger partial charge < -0.3 is 14.5 Å². The predicted octanol–water partition coefficient (Wildman–Crippen LogP) is 5.13. The molecular formula is C30H27BrN2O6S2. The number of benzene rings is 2. The number of nitrogens with one attached hydrogen (secondary N) is 1. The summed E-state index contributed by atoms with van der Waals surface area (Å²) < 4.78 is 11.9. The first-order valence-electron chi connectivity index (χ1n) is 13.7. The normalized spacial score (nSPS) is 29.3. The summed E-state index contributed by atoms with van der Waals surface area (Å²) in [5.74, 6) is -1.15. The first kappa shape index (κ1) is 27.0. The van der Waals surface area contributed by atoms with Crippen molar-refractivity contribution in [2.45, 2.75) is 36.5 Å². The fourth-order valence-corrected chi connectivity index (χ4v) is 10.8. The number of thiazole rings is 1. The summed E-state index contributed by atoms with van der Waals surface area (Å²) in [6, 6.07) is 13.2. The Morgan fingerprint density at radius 2 is 1.80 bits per heavy atom. The smallest absolute Gasteiger partial charge is 0.344 e. The largest absolute Gasteiger partial charge is 0.482 e. The van der Waals surface area contributed by atoms with Gasteiger partial charge in [0.2, 0.25) is 11.8 Å². The Kier molecular flexibility index (Phi) is 6.67. The molecule has 2 aliphatic carbocycles. The van der Waals surface area contributed by atoms with Crippen LogP contribution in [0.25, 0.3) is 0 Å². The molecule has 0 unspecified atom stereocenters. The van der Waals surface area contributed by atoms with Gasteiger partial charge in [-0.2, -0.15) is 0 Å². The van der Waals surface area contributed by atoms with Gasteiger partial charge in [-0.25, -0.2) is 4.79 Å². The Hall–Kier alpha value is -2.89. The van der Waals surface area contributed by atoms with Gasteiger partial charge in [0.25, 0.3) is 0 Å². The highest BCUT2D eigenvalue weighted by molar-refractivity contribution is 9.10. The molecule has 3 heterocycles. The molecule has 1 aromatic heterocycles. The van der Waals surface area contributed by atoms with Crippen LogP contribution in [0.2, 0.25) is 0 Å². The maximum absolute atomic E-state index is 14.0. The first-order chi connectivity index (χ1) is 19.8. The molecule has 41 heavy (non-hydrogen) atoms. The topological polar surface area (TPSA) is 106 Å². The second kappa shape index (κ2) is 10.1. The molecule has 3 fully saturated rings. The zero-order valence-corrected chi connectivity index (χ0v) is 25.5. The Morgan fingerprint density at radius 1 is 1.07 bits per heavy atom. The molecule has 2 aromatic carbocycles. The van der Waals surface area contributed by atoms with Crippen LogP contribution < -0.4 is 14.5 Å². The lowest BCUT2D eigenvalue weighted by Gasteiger charge is -2.43. The zero-order valence-electron chi connectivity index (χ0n) is 22.3. The molecule has 2 saturated carbocycles. The van der Waals surface area contributed by atoms with Crippen molar-refractivity contribution in [3.63, 3.8) is 0 Å². The zero-order chi connectivity index (χ0) is 28.6. The van der Waals surface area contributed by atoms with E-state index in [-0.39, 0.29) is 64.7 Å². The second-order valence-corrected chi connectivity index (χ2v) is 14.2. The number of aromatic amines is 1. The number of ether oxygens (including phenoxy) is 2. The number of fused-ring (bicyclic) bond motifs is 9. The van der Waals surface area contributed by atoms with E-state index in [0.717, 1.165) is 31.9 Å². The Balaban J connectivity index is 1.30. The lowest BCUT2D eigenvalue weighted by molar-refractivity contribution is -0.145.